The molecule has 0 bridgehead atoms. The van der Waals surface area contributed by atoms with Crippen molar-refractivity contribution in [3.05, 3.63) is 69.1 Å². The molecule has 0 aliphatic heterocycles. The third-order valence-corrected chi connectivity index (χ3v) is 4.29. The lowest BCUT2D eigenvalue weighted by molar-refractivity contribution is 0.0886. The number of benzene rings is 1. The molecule has 0 aliphatic carbocycles. The summed E-state index contributed by atoms with van der Waals surface area (Å²) in [6.45, 7) is 2.14. The van der Waals surface area contributed by atoms with E-state index in [1.165, 1.54) is 10.6 Å². The fraction of sp³-hybridized carbons (Fsp3) is 0.333. The van der Waals surface area contributed by atoms with Crippen molar-refractivity contribution in [1.29, 1.82) is 0 Å². The fourth-order valence-electron chi connectivity index (χ4n) is 2.51. The molecule has 0 aliphatic rings. The lowest BCUT2D eigenvalue weighted by Gasteiger charge is -2.17. The van der Waals surface area contributed by atoms with Crippen LogP contribution in [0.3, 0.4) is 0 Å². The lowest BCUT2D eigenvalue weighted by Crippen LogP contribution is -2.26. The first-order chi connectivity index (χ1) is 10.6. The second kappa shape index (κ2) is 8.08. The standard InChI is InChI=1S/C18H20BrNO2/c1-2-3-6-15(14-8-10-16(19)11-9-14)13-18(22)20-12-5-4-7-17(20)21/h4-5,7-12,15H,2-3,6,13H2,1H3. The van der Waals surface area contributed by atoms with Gasteiger partial charge < -0.3 is 0 Å². The number of rotatable bonds is 6. The topological polar surface area (TPSA) is 39.1 Å². The van der Waals surface area contributed by atoms with Gasteiger partial charge in [0, 0.05) is 23.2 Å². The van der Waals surface area contributed by atoms with Gasteiger partial charge in [0.25, 0.3) is 5.56 Å². The van der Waals surface area contributed by atoms with E-state index in [1.807, 2.05) is 24.3 Å². The summed E-state index contributed by atoms with van der Waals surface area (Å²) < 4.78 is 2.23. The van der Waals surface area contributed by atoms with E-state index in [1.54, 1.807) is 18.3 Å². The van der Waals surface area contributed by atoms with Crippen molar-refractivity contribution in [3.63, 3.8) is 0 Å². The molecule has 0 saturated carbocycles. The third kappa shape index (κ3) is 4.41. The molecule has 2 rings (SSSR count). The molecule has 0 radical (unpaired) electrons. The highest BCUT2D eigenvalue weighted by Crippen LogP contribution is 2.27. The zero-order chi connectivity index (χ0) is 15.9. The quantitative estimate of drug-likeness (QED) is 0.753. The van der Waals surface area contributed by atoms with E-state index in [0.717, 1.165) is 29.3 Å². The summed E-state index contributed by atoms with van der Waals surface area (Å²) >= 11 is 3.43. The molecule has 3 nitrogen and oxygen atoms in total. The molecule has 22 heavy (non-hydrogen) atoms. The number of hydrogen-bond acceptors (Lipinski definition) is 2. The minimum atomic E-state index is -0.266. The Morgan fingerprint density at radius 2 is 1.91 bits per heavy atom. The maximum absolute atomic E-state index is 12.4. The van der Waals surface area contributed by atoms with Crippen LogP contribution < -0.4 is 5.56 Å². The van der Waals surface area contributed by atoms with Crippen LogP contribution in [-0.4, -0.2) is 10.5 Å². The van der Waals surface area contributed by atoms with Gasteiger partial charge in [0.1, 0.15) is 0 Å². The summed E-state index contributed by atoms with van der Waals surface area (Å²) in [6.07, 6.45) is 5.00. The van der Waals surface area contributed by atoms with Gasteiger partial charge in [-0.2, -0.15) is 0 Å². The molecule has 2 aromatic rings. The zero-order valence-electron chi connectivity index (χ0n) is 12.7. The van der Waals surface area contributed by atoms with Crippen molar-refractivity contribution in [2.24, 2.45) is 0 Å². The molecule has 0 fully saturated rings. The molecule has 1 heterocycles. The monoisotopic (exact) mass is 361 g/mol. The van der Waals surface area contributed by atoms with E-state index >= 15 is 0 Å². The average Bonchev–Trinajstić information content (AvgIpc) is 2.52. The van der Waals surface area contributed by atoms with Crippen molar-refractivity contribution in [2.45, 2.75) is 38.5 Å². The van der Waals surface area contributed by atoms with Gasteiger partial charge in [-0.05, 0) is 36.1 Å². The molecule has 1 aromatic carbocycles. The Kier molecular flexibility index (Phi) is 6.13. The van der Waals surface area contributed by atoms with Gasteiger partial charge in [0.2, 0.25) is 5.91 Å². The fourth-order valence-corrected chi connectivity index (χ4v) is 2.78. The number of aromatic nitrogens is 1. The molecule has 1 unspecified atom stereocenters. The predicted octanol–water partition coefficient (Wildman–Crippen LogP) is 4.62. The Morgan fingerprint density at radius 1 is 1.18 bits per heavy atom. The summed E-state index contributed by atoms with van der Waals surface area (Å²) in [5.74, 6) is 0.00211. The molecule has 0 spiro atoms. The normalized spacial score (nSPS) is 12.1. The van der Waals surface area contributed by atoms with Gasteiger partial charge in [-0.1, -0.05) is 53.9 Å². The van der Waals surface area contributed by atoms with Gasteiger partial charge in [-0.15, -0.1) is 0 Å². The summed E-state index contributed by atoms with van der Waals surface area (Å²) in [4.78, 5) is 24.2. The van der Waals surface area contributed by atoms with Crippen molar-refractivity contribution < 1.29 is 4.79 Å². The van der Waals surface area contributed by atoms with Gasteiger partial charge in [0.15, 0.2) is 0 Å². The number of carbonyl (C=O) groups excluding carboxylic acids is 1. The van der Waals surface area contributed by atoms with Crippen molar-refractivity contribution in [2.75, 3.05) is 0 Å². The van der Waals surface area contributed by atoms with E-state index in [-0.39, 0.29) is 17.4 Å². The largest absolute Gasteiger partial charge is 0.274 e. The molecule has 0 N–H and O–H groups in total. The Balaban J connectivity index is 2.19. The van der Waals surface area contributed by atoms with E-state index < -0.39 is 0 Å². The third-order valence-electron chi connectivity index (χ3n) is 3.76. The second-order valence-electron chi connectivity index (χ2n) is 5.40. The highest BCUT2D eigenvalue weighted by molar-refractivity contribution is 9.10. The van der Waals surface area contributed by atoms with Gasteiger partial charge in [0.05, 0.1) is 0 Å². The highest BCUT2D eigenvalue weighted by atomic mass is 79.9. The molecule has 1 atom stereocenters. The molecule has 0 saturated heterocycles. The van der Waals surface area contributed by atoms with Crippen LogP contribution in [0.4, 0.5) is 0 Å². The smallest absolute Gasteiger partial charge is 0.257 e. The minimum Gasteiger partial charge on any atom is -0.274 e. The SMILES string of the molecule is CCCCC(CC(=O)n1ccccc1=O)c1ccc(Br)cc1. The van der Waals surface area contributed by atoms with Crippen molar-refractivity contribution >= 4 is 21.8 Å². The van der Waals surface area contributed by atoms with Crippen LogP contribution in [0.5, 0.6) is 0 Å². The van der Waals surface area contributed by atoms with E-state index in [2.05, 4.69) is 22.9 Å². The Bertz CT molecular complexity index is 676. The van der Waals surface area contributed by atoms with E-state index in [4.69, 9.17) is 0 Å². The van der Waals surface area contributed by atoms with Crippen LogP contribution in [0.15, 0.2) is 57.9 Å². The van der Waals surface area contributed by atoms with Crippen LogP contribution in [0.1, 0.15) is 48.9 Å². The Morgan fingerprint density at radius 3 is 2.55 bits per heavy atom. The van der Waals surface area contributed by atoms with Crippen LogP contribution in [-0.2, 0) is 0 Å². The van der Waals surface area contributed by atoms with E-state index in [0.29, 0.717) is 6.42 Å². The van der Waals surface area contributed by atoms with Crippen LogP contribution in [0, 0.1) is 0 Å². The number of hydrogen-bond donors (Lipinski definition) is 0. The summed E-state index contributed by atoms with van der Waals surface area (Å²) in [7, 11) is 0. The van der Waals surface area contributed by atoms with Crippen LogP contribution in [0.25, 0.3) is 0 Å². The first-order valence-corrected chi connectivity index (χ1v) is 8.37. The molecule has 116 valence electrons. The van der Waals surface area contributed by atoms with Crippen LogP contribution >= 0.6 is 15.9 Å². The molecular weight excluding hydrogens is 342 g/mol. The van der Waals surface area contributed by atoms with Gasteiger partial charge in [-0.25, -0.2) is 0 Å². The number of carbonyl (C=O) groups is 1. The lowest BCUT2D eigenvalue weighted by atomic mass is 9.90. The number of pyridine rings is 1. The zero-order valence-corrected chi connectivity index (χ0v) is 14.3. The minimum absolute atomic E-state index is 0.144. The molecule has 4 heteroatoms. The second-order valence-corrected chi connectivity index (χ2v) is 6.31. The highest BCUT2D eigenvalue weighted by Gasteiger charge is 2.17. The molecular formula is C18H20BrNO2. The maximum atomic E-state index is 12.4. The number of unbranched alkanes of at least 4 members (excludes halogenated alkanes) is 1. The van der Waals surface area contributed by atoms with E-state index in [9.17, 15) is 9.59 Å². The summed E-state index contributed by atoms with van der Waals surface area (Å²) in [6, 6.07) is 12.9. The summed E-state index contributed by atoms with van der Waals surface area (Å²) in [5.41, 5.74) is 0.881. The first kappa shape index (κ1) is 16.7. The van der Waals surface area contributed by atoms with Gasteiger partial charge in [-0.3, -0.25) is 14.2 Å². The maximum Gasteiger partial charge on any atom is 0.257 e. The average molecular weight is 362 g/mol. The van der Waals surface area contributed by atoms with Crippen LogP contribution in [0.2, 0.25) is 0 Å². The number of halogens is 1. The molecule has 1 aromatic heterocycles. The van der Waals surface area contributed by atoms with Crippen molar-refractivity contribution in [3.8, 4) is 0 Å². The number of nitrogens with zero attached hydrogens (tertiary/aromatic N) is 1. The predicted molar refractivity (Wildman–Crippen MR) is 92.4 cm³/mol. The van der Waals surface area contributed by atoms with Crippen molar-refractivity contribution in [1.82, 2.24) is 4.57 Å². The Hall–Kier alpha value is -1.68. The Labute approximate surface area is 139 Å². The molecule has 0 amide bonds. The van der Waals surface area contributed by atoms with Gasteiger partial charge >= 0.3 is 0 Å². The summed E-state index contributed by atoms with van der Waals surface area (Å²) in [5, 5.41) is 0. The first-order valence-electron chi connectivity index (χ1n) is 7.58.